The van der Waals surface area contributed by atoms with Gasteiger partial charge in [-0.15, -0.1) is 4.76 Å². The maximum atomic E-state index is 11.3. The van der Waals surface area contributed by atoms with E-state index < -0.39 is 7.75 Å². The highest BCUT2D eigenvalue weighted by Crippen LogP contribution is 2.48. The van der Waals surface area contributed by atoms with Gasteiger partial charge < -0.3 is 0 Å². The summed E-state index contributed by atoms with van der Waals surface area (Å²) in [5, 5.41) is 1.97. The largest absolute Gasteiger partial charge is 0.462 e. The van der Waals surface area contributed by atoms with Crippen LogP contribution in [0.25, 0.3) is 0 Å². The first kappa shape index (κ1) is 11.0. The Morgan fingerprint density at radius 2 is 1.91 bits per heavy atom. The van der Waals surface area contributed by atoms with Crippen molar-refractivity contribution >= 4 is 25.1 Å². The SMILES string of the molecule is CCOP(=O)(N=C=S)OCC. The molecule has 4 nitrogen and oxygen atoms in total. The van der Waals surface area contributed by atoms with Crippen LogP contribution < -0.4 is 0 Å². The highest BCUT2D eigenvalue weighted by Gasteiger charge is 2.21. The maximum Gasteiger partial charge on any atom is 0.462 e. The van der Waals surface area contributed by atoms with Crippen LogP contribution in [-0.4, -0.2) is 18.4 Å². The van der Waals surface area contributed by atoms with Crippen molar-refractivity contribution in [2.24, 2.45) is 4.76 Å². The Bertz CT molecular complexity index is 192. The summed E-state index contributed by atoms with van der Waals surface area (Å²) in [5.41, 5.74) is 0. The highest BCUT2D eigenvalue weighted by atomic mass is 32.1. The van der Waals surface area contributed by atoms with Crippen LogP contribution in [0.5, 0.6) is 0 Å². The summed E-state index contributed by atoms with van der Waals surface area (Å²) in [5.74, 6) is 0. The number of rotatable bonds is 5. The molecule has 0 atom stereocenters. The second kappa shape index (κ2) is 5.58. The van der Waals surface area contributed by atoms with Gasteiger partial charge in [0.1, 0.15) is 0 Å². The third-order valence-corrected chi connectivity index (χ3v) is 2.49. The van der Waals surface area contributed by atoms with Gasteiger partial charge in [0.25, 0.3) is 0 Å². The summed E-state index contributed by atoms with van der Waals surface area (Å²) in [4.78, 5) is 0. The molecule has 0 saturated heterocycles. The van der Waals surface area contributed by atoms with E-state index in [0.29, 0.717) is 0 Å². The molecule has 11 heavy (non-hydrogen) atoms. The fourth-order valence-electron chi connectivity index (χ4n) is 0.471. The second-order valence-corrected chi connectivity index (χ2v) is 3.33. The molecule has 0 heterocycles. The predicted octanol–water partition coefficient (Wildman–Crippen LogP) is 2.27. The van der Waals surface area contributed by atoms with Gasteiger partial charge in [-0.1, -0.05) is 0 Å². The first-order valence-corrected chi connectivity index (χ1v) is 5.07. The number of hydrogen-bond acceptors (Lipinski definition) is 4. The van der Waals surface area contributed by atoms with Crippen LogP contribution in [0.15, 0.2) is 4.76 Å². The van der Waals surface area contributed by atoms with Crippen LogP contribution in [0.4, 0.5) is 0 Å². The summed E-state index contributed by atoms with van der Waals surface area (Å²) in [6.45, 7) is 3.95. The Morgan fingerprint density at radius 1 is 1.45 bits per heavy atom. The number of isothiocyanates is 1. The van der Waals surface area contributed by atoms with Crippen molar-refractivity contribution in [3.8, 4) is 0 Å². The van der Waals surface area contributed by atoms with Crippen LogP contribution in [0.1, 0.15) is 13.8 Å². The van der Waals surface area contributed by atoms with E-state index in [0.717, 1.165) is 0 Å². The Kier molecular flexibility index (Phi) is 5.56. The zero-order valence-corrected chi connectivity index (χ0v) is 8.15. The molecule has 0 bridgehead atoms. The number of nitrogens with zero attached hydrogens (tertiary/aromatic N) is 1. The molecular weight excluding hydrogens is 185 g/mol. The molecule has 64 valence electrons. The smallest absolute Gasteiger partial charge is 0.291 e. The van der Waals surface area contributed by atoms with Crippen molar-refractivity contribution in [2.45, 2.75) is 13.8 Å². The minimum Gasteiger partial charge on any atom is -0.291 e. The summed E-state index contributed by atoms with van der Waals surface area (Å²) in [6, 6.07) is 0. The molecule has 6 heteroatoms. The van der Waals surface area contributed by atoms with Crippen molar-refractivity contribution in [3.05, 3.63) is 0 Å². The minimum absolute atomic E-state index is 0.276. The molecule has 0 aromatic heterocycles. The van der Waals surface area contributed by atoms with Crippen LogP contribution >= 0.6 is 20.0 Å². The van der Waals surface area contributed by atoms with Gasteiger partial charge in [-0.3, -0.25) is 9.05 Å². The molecule has 0 unspecified atom stereocenters. The lowest BCUT2D eigenvalue weighted by Gasteiger charge is -2.08. The fourth-order valence-corrected chi connectivity index (χ4v) is 1.71. The predicted molar refractivity (Wildman–Crippen MR) is 45.9 cm³/mol. The first-order valence-electron chi connectivity index (χ1n) is 3.17. The van der Waals surface area contributed by atoms with Crippen molar-refractivity contribution < 1.29 is 13.6 Å². The molecule has 0 N–H and O–H groups in total. The van der Waals surface area contributed by atoms with Crippen LogP contribution in [0.2, 0.25) is 0 Å². The van der Waals surface area contributed by atoms with Gasteiger partial charge in [0.15, 0.2) is 0 Å². The molecule has 0 rings (SSSR count). The van der Waals surface area contributed by atoms with Gasteiger partial charge in [0, 0.05) is 0 Å². The summed E-state index contributed by atoms with van der Waals surface area (Å²) >= 11 is 4.28. The summed E-state index contributed by atoms with van der Waals surface area (Å²) in [7, 11) is -3.31. The Labute approximate surface area is 71.2 Å². The zero-order chi connectivity index (χ0) is 8.74. The van der Waals surface area contributed by atoms with Gasteiger partial charge in [-0.2, -0.15) is 0 Å². The minimum atomic E-state index is -3.31. The van der Waals surface area contributed by atoms with Gasteiger partial charge in [-0.05, 0) is 26.1 Å². The molecule has 0 aromatic rings. The summed E-state index contributed by atoms with van der Waals surface area (Å²) < 4.78 is 24.1. The van der Waals surface area contributed by atoms with Crippen molar-refractivity contribution in [1.82, 2.24) is 0 Å². The molecule has 0 aliphatic rings. The van der Waals surface area contributed by atoms with E-state index in [1.54, 1.807) is 13.8 Å². The molecule has 0 radical (unpaired) electrons. The average Bonchev–Trinajstić information content (AvgIpc) is 1.88. The Balaban J connectivity index is 4.25. The van der Waals surface area contributed by atoms with Crippen molar-refractivity contribution in [1.29, 1.82) is 0 Å². The fraction of sp³-hybridized carbons (Fsp3) is 0.800. The van der Waals surface area contributed by atoms with Gasteiger partial charge in [-0.25, -0.2) is 4.57 Å². The normalized spacial score (nSPS) is 10.7. The number of thiocarbonyl (C=S) groups is 1. The third-order valence-electron chi connectivity index (χ3n) is 0.748. The monoisotopic (exact) mass is 195 g/mol. The van der Waals surface area contributed by atoms with E-state index in [9.17, 15) is 4.57 Å². The number of hydrogen-bond donors (Lipinski definition) is 0. The third kappa shape index (κ3) is 4.40. The lowest BCUT2D eigenvalue weighted by atomic mass is 10.9. The lowest BCUT2D eigenvalue weighted by molar-refractivity contribution is 0.221. The maximum absolute atomic E-state index is 11.3. The Hall–Kier alpha value is -0.0500. The molecule has 0 aromatic carbocycles. The second-order valence-electron chi connectivity index (χ2n) is 1.50. The zero-order valence-electron chi connectivity index (χ0n) is 6.44. The lowest BCUT2D eigenvalue weighted by Crippen LogP contribution is -1.92. The van der Waals surface area contributed by atoms with Gasteiger partial charge in [0.05, 0.1) is 18.4 Å². The summed E-state index contributed by atoms with van der Waals surface area (Å²) in [6.07, 6.45) is 0. The average molecular weight is 195 g/mol. The van der Waals surface area contributed by atoms with E-state index >= 15 is 0 Å². The van der Waals surface area contributed by atoms with E-state index in [1.165, 1.54) is 0 Å². The quantitative estimate of drug-likeness (QED) is 0.383. The van der Waals surface area contributed by atoms with E-state index in [4.69, 9.17) is 9.05 Å². The molecule has 0 fully saturated rings. The molecular formula is C5H10NO3PS. The van der Waals surface area contributed by atoms with Crippen LogP contribution in [-0.2, 0) is 13.6 Å². The first-order chi connectivity index (χ1) is 5.18. The van der Waals surface area contributed by atoms with E-state index in [-0.39, 0.29) is 13.2 Å². The molecule has 0 spiro atoms. The molecule has 0 aliphatic heterocycles. The topological polar surface area (TPSA) is 47.9 Å². The standard InChI is InChI=1S/C5H10NO3PS/c1-3-8-10(7,6-5-11)9-4-2/h3-4H2,1-2H3. The molecule has 0 amide bonds. The van der Waals surface area contributed by atoms with Gasteiger partial charge in [0.2, 0.25) is 0 Å². The van der Waals surface area contributed by atoms with E-state index in [1.807, 2.05) is 5.16 Å². The van der Waals surface area contributed by atoms with E-state index in [2.05, 4.69) is 17.0 Å². The van der Waals surface area contributed by atoms with Crippen molar-refractivity contribution in [3.63, 3.8) is 0 Å². The molecule has 0 saturated carbocycles. The van der Waals surface area contributed by atoms with Crippen LogP contribution in [0.3, 0.4) is 0 Å². The van der Waals surface area contributed by atoms with Gasteiger partial charge >= 0.3 is 7.75 Å². The highest BCUT2D eigenvalue weighted by molar-refractivity contribution is 7.78. The van der Waals surface area contributed by atoms with Crippen LogP contribution in [0, 0.1) is 0 Å². The Morgan fingerprint density at radius 3 is 2.18 bits per heavy atom. The van der Waals surface area contributed by atoms with Crippen molar-refractivity contribution in [2.75, 3.05) is 13.2 Å². The molecule has 0 aliphatic carbocycles.